The number of anilines is 2. The van der Waals surface area contributed by atoms with Gasteiger partial charge in [0.15, 0.2) is 0 Å². The summed E-state index contributed by atoms with van der Waals surface area (Å²) in [6.45, 7) is 0. The number of carbonyl (C=O) groups is 2. The number of benzene rings is 2. The Hall–Kier alpha value is -3.07. The highest BCUT2D eigenvalue weighted by atomic mass is 35.5. The molecule has 2 N–H and O–H groups in total. The van der Waals surface area contributed by atoms with E-state index in [0.29, 0.717) is 11.6 Å². The van der Waals surface area contributed by atoms with Gasteiger partial charge < -0.3 is 10.2 Å². The second kappa shape index (κ2) is 8.75. The van der Waals surface area contributed by atoms with Crippen molar-refractivity contribution in [3.63, 3.8) is 0 Å². The third-order valence-electron chi connectivity index (χ3n) is 3.53. The highest BCUT2D eigenvalue weighted by molar-refractivity contribution is 6.39. The molecule has 0 atom stereocenters. The number of amides is 2. The summed E-state index contributed by atoms with van der Waals surface area (Å²) in [7, 11) is 3.78. The number of rotatable bonds is 4. The van der Waals surface area contributed by atoms with Crippen molar-refractivity contribution in [1.29, 1.82) is 0 Å². The molecule has 148 valence electrons. The molecular formula is C18H16ClF3N4O2. The van der Waals surface area contributed by atoms with E-state index in [9.17, 15) is 22.8 Å². The van der Waals surface area contributed by atoms with E-state index in [-0.39, 0.29) is 5.69 Å². The molecule has 10 heteroatoms. The molecule has 0 radical (unpaired) electrons. The van der Waals surface area contributed by atoms with Crippen LogP contribution >= 0.6 is 11.6 Å². The van der Waals surface area contributed by atoms with Crippen LogP contribution in [0, 0.1) is 0 Å². The highest BCUT2D eigenvalue weighted by Gasteiger charge is 2.33. The van der Waals surface area contributed by atoms with E-state index in [4.69, 9.17) is 11.6 Å². The van der Waals surface area contributed by atoms with E-state index in [2.05, 4.69) is 10.4 Å². The molecule has 2 rings (SSSR count). The van der Waals surface area contributed by atoms with Crippen LogP contribution in [-0.4, -0.2) is 32.1 Å². The second-order valence-corrected chi connectivity index (χ2v) is 6.24. The van der Waals surface area contributed by atoms with Gasteiger partial charge in [-0.1, -0.05) is 23.7 Å². The van der Waals surface area contributed by atoms with Gasteiger partial charge in [0.1, 0.15) is 0 Å². The van der Waals surface area contributed by atoms with Gasteiger partial charge in [-0.2, -0.15) is 18.3 Å². The fourth-order valence-electron chi connectivity index (χ4n) is 2.08. The molecule has 2 aromatic rings. The molecule has 0 saturated carbocycles. The summed E-state index contributed by atoms with van der Waals surface area (Å²) in [4.78, 5) is 25.5. The molecule has 28 heavy (non-hydrogen) atoms. The Morgan fingerprint density at radius 3 is 2.29 bits per heavy atom. The van der Waals surface area contributed by atoms with Crippen LogP contribution in [-0.2, 0) is 15.8 Å². The molecule has 2 aromatic carbocycles. The lowest BCUT2D eigenvalue weighted by molar-refractivity contribution is -0.137. The molecule has 2 amide bonds. The predicted octanol–water partition coefficient (Wildman–Crippen LogP) is 3.51. The van der Waals surface area contributed by atoms with Gasteiger partial charge in [0.05, 0.1) is 16.8 Å². The van der Waals surface area contributed by atoms with Crippen LogP contribution in [0.1, 0.15) is 11.1 Å². The first-order valence-corrected chi connectivity index (χ1v) is 8.24. The van der Waals surface area contributed by atoms with Crippen molar-refractivity contribution in [3.05, 3.63) is 58.6 Å². The topological polar surface area (TPSA) is 73.8 Å². The molecule has 0 aliphatic heterocycles. The molecule has 0 aliphatic carbocycles. The zero-order valence-electron chi connectivity index (χ0n) is 14.8. The third kappa shape index (κ3) is 5.71. The van der Waals surface area contributed by atoms with Gasteiger partial charge in [-0.25, -0.2) is 5.43 Å². The Morgan fingerprint density at radius 1 is 1.07 bits per heavy atom. The Bertz CT molecular complexity index is 897. The van der Waals surface area contributed by atoms with Crippen LogP contribution in [0.3, 0.4) is 0 Å². The average molecular weight is 413 g/mol. The summed E-state index contributed by atoms with van der Waals surface area (Å²) in [6.07, 6.45) is -3.36. The minimum Gasteiger partial charge on any atom is -0.378 e. The highest BCUT2D eigenvalue weighted by Crippen LogP contribution is 2.36. The standard InChI is InChI=1S/C18H16ClF3N4O2/c1-26(2)13-6-3-11(4-7-13)10-23-25-17(28)16(27)24-12-5-8-15(19)14(9-12)18(20,21)22/h3-10H,1-2H3,(H,24,27)(H,25,28)/b23-10+. The minimum absolute atomic E-state index is 0.222. The summed E-state index contributed by atoms with van der Waals surface area (Å²) in [5, 5.41) is 5.20. The molecule has 6 nitrogen and oxygen atoms in total. The SMILES string of the molecule is CN(C)c1ccc(/C=N/NC(=O)C(=O)Nc2ccc(Cl)c(C(F)(F)F)c2)cc1. The number of halogens is 4. The zero-order chi connectivity index (χ0) is 20.9. The first-order chi connectivity index (χ1) is 13.1. The second-order valence-electron chi connectivity index (χ2n) is 5.83. The molecule has 0 saturated heterocycles. The number of alkyl halides is 3. The lowest BCUT2D eigenvalue weighted by Crippen LogP contribution is -2.32. The van der Waals surface area contributed by atoms with E-state index in [0.717, 1.165) is 17.8 Å². The predicted molar refractivity (Wildman–Crippen MR) is 102 cm³/mol. The third-order valence-corrected chi connectivity index (χ3v) is 3.85. The van der Waals surface area contributed by atoms with Gasteiger partial charge in [0.2, 0.25) is 0 Å². The first kappa shape index (κ1) is 21.2. The van der Waals surface area contributed by atoms with Gasteiger partial charge in [-0.15, -0.1) is 0 Å². The van der Waals surface area contributed by atoms with E-state index >= 15 is 0 Å². The molecule has 0 spiro atoms. The van der Waals surface area contributed by atoms with E-state index in [1.807, 2.05) is 36.6 Å². The number of hydrogen-bond acceptors (Lipinski definition) is 4. The summed E-state index contributed by atoms with van der Waals surface area (Å²) in [5.41, 5.74) is 2.32. The van der Waals surface area contributed by atoms with Gasteiger partial charge in [-0.3, -0.25) is 9.59 Å². The zero-order valence-corrected chi connectivity index (χ0v) is 15.6. The summed E-state index contributed by atoms with van der Waals surface area (Å²) in [6, 6.07) is 9.98. The molecule has 0 bridgehead atoms. The van der Waals surface area contributed by atoms with Gasteiger partial charge in [0, 0.05) is 25.5 Å². The molecule has 0 aromatic heterocycles. The maximum Gasteiger partial charge on any atom is 0.417 e. The average Bonchev–Trinajstić information content (AvgIpc) is 2.62. The van der Waals surface area contributed by atoms with E-state index in [1.54, 1.807) is 12.1 Å². The Morgan fingerprint density at radius 2 is 1.71 bits per heavy atom. The van der Waals surface area contributed by atoms with Gasteiger partial charge >= 0.3 is 18.0 Å². The smallest absolute Gasteiger partial charge is 0.378 e. The molecule has 0 fully saturated rings. The maximum atomic E-state index is 12.8. The summed E-state index contributed by atoms with van der Waals surface area (Å²) in [5.74, 6) is -2.31. The van der Waals surface area contributed by atoms with Crippen LogP contribution in [0.25, 0.3) is 0 Å². The van der Waals surface area contributed by atoms with Crippen molar-refractivity contribution in [2.75, 3.05) is 24.3 Å². The van der Waals surface area contributed by atoms with Crippen molar-refractivity contribution in [3.8, 4) is 0 Å². The van der Waals surface area contributed by atoms with Crippen LogP contribution in [0.2, 0.25) is 5.02 Å². The Kier molecular flexibility index (Phi) is 6.63. The molecule has 0 unspecified atom stereocenters. The first-order valence-electron chi connectivity index (χ1n) is 7.86. The number of nitrogens with zero attached hydrogens (tertiary/aromatic N) is 2. The monoisotopic (exact) mass is 412 g/mol. The van der Waals surface area contributed by atoms with Crippen LogP contribution < -0.4 is 15.6 Å². The fourth-order valence-corrected chi connectivity index (χ4v) is 2.31. The maximum absolute atomic E-state index is 12.8. The van der Waals surface area contributed by atoms with Crippen LogP contribution in [0.15, 0.2) is 47.6 Å². The number of hydrazone groups is 1. The normalized spacial score (nSPS) is 11.4. The van der Waals surface area contributed by atoms with Crippen LogP contribution in [0.5, 0.6) is 0 Å². The number of hydrogen-bond donors (Lipinski definition) is 2. The van der Waals surface area contributed by atoms with Crippen molar-refractivity contribution in [2.45, 2.75) is 6.18 Å². The molecule has 0 aliphatic rings. The van der Waals surface area contributed by atoms with Crippen molar-refractivity contribution in [1.82, 2.24) is 5.43 Å². The van der Waals surface area contributed by atoms with Crippen LogP contribution in [0.4, 0.5) is 24.5 Å². The Balaban J connectivity index is 1.97. The lowest BCUT2D eigenvalue weighted by atomic mass is 10.2. The van der Waals surface area contributed by atoms with E-state index < -0.39 is 28.6 Å². The number of nitrogens with one attached hydrogen (secondary N) is 2. The van der Waals surface area contributed by atoms with Crippen molar-refractivity contribution < 1.29 is 22.8 Å². The molecular weight excluding hydrogens is 397 g/mol. The lowest BCUT2D eigenvalue weighted by Gasteiger charge is -2.11. The summed E-state index contributed by atoms with van der Waals surface area (Å²) >= 11 is 5.50. The minimum atomic E-state index is -4.69. The molecule has 0 heterocycles. The van der Waals surface area contributed by atoms with Gasteiger partial charge in [0.25, 0.3) is 0 Å². The quantitative estimate of drug-likeness (QED) is 0.458. The fraction of sp³-hybridized carbons (Fsp3) is 0.167. The van der Waals surface area contributed by atoms with Crippen molar-refractivity contribution >= 4 is 41.0 Å². The largest absolute Gasteiger partial charge is 0.417 e. The van der Waals surface area contributed by atoms with Gasteiger partial charge in [-0.05, 0) is 35.9 Å². The Labute approximate surface area is 164 Å². The van der Waals surface area contributed by atoms with E-state index in [1.165, 1.54) is 6.21 Å². The summed E-state index contributed by atoms with van der Waals surface area (Å²) < 4.78 is 38.5. The number of carbonyl (C=O) groups excluding carboxylic acids is 2. The van der Waals surface area contributed by atoms with Crippen molar-refractivity contribution in [2.24, 2.45) is 5.10 Å².